The molecule has 94 valence electrons. The van der Waals surface area contributed by atoms with Gasteiger partial charge in [-0.05, 0) is 6.92 Å². The van der Waals surface area contributed by atoms with E-state index in [9.17, 15) is 9.59 Å². The van der Waals surface area contributed by atoms with E-state index in [0.717, 1.165) is 0 Å². The number of amides is 1. The Morgan fingerprint density at radius 3 is 2.65 bits per heavy atom. The van der Waals surface area contributed by atoms with Crippen molar-refractivity contribution in [2.75, 3.05) is 6.61 Å². The molecule has 0 bridgehead atoms. The zero-order chi connectivity index (χ0) is 13.0. The van der Waals surface area contributed by atoms with Gasteiger partial charge in [0, 0.05) is 25.8 Å². The van der Waals surface area contributed by atoms with E-state index in [2.05, 4.69) is 10.4 Å². The van der Waals surface area contributed by atoms with Gasteiger partial charge in [-0.1, -0.05) is 0 Å². The van der Waals surface area contributed by atoms with Crippen LogP contribution < -0.4 is 5.32 Å². The van der Waals surface area contributed by atoms with Gasteiger partial charge in [0.25, 0.3) is 5.91 Å². The molecule has 7 nitrogen and oxygen atoms in total. The van der Waals surface area contributed by atoms with Crippen LogP contribution in [0.3, 0.4) is 0 Å². The summed E-state index contributed by atoms with van der Waals surface area (Å²) >= 11 is 0. The number of hydrogen-bond donors (Lipinski definition) is 3. The highest BCUT2D eigenvalue weighted by Crippen LogP contribution is 2.06. The Morgan fingerprint density at radius 2 is 2.24 bits per heavy atom. The van der Waals surface area contributed by atoms with E-state index in [0.29, 0.717) is 11.3 Å². The lowest BCUT2D eigenvalue weighted by atomic mass is 10.2. The summed E-state index contributed by atoms with van der Waals surface area (Å²) in [5.74, 6) is -1.68. The first-order valence-electron chi connectivity index (χ1n) is 5.10. The first kappa shape index (κ1) is 13.2. The van der Waals surface area contributed by atoms with Crippen LogP contribution in [0, 0.1) is 6.92 Å². The van der Waals surface area contributed by atoms with Crippen LogP contribution in [0.2, 0.25) is 0 Å². The number of aryl methyl sites for hydroxylation is 1. The molecule has 1 atom stereocenters. The van der Waals surface area contributed by atoms with Crippen molar-refractivity contribution in [3.8, 4) is 0 Å². The lowest BCUT2D eigenvalue weighted by Gasteiger charge is -2.12. The standard InChI is InChI=1S/C10H15N3O4/c1-6-7(5-11-13(6)2)9(15)12-8(3-4-14)10(16)17/h5,8,14H,3-4H2,1-2H3,(H,12,15)(H,16,17)/t8-/m1/s1. The molecular weight excluding hydrogens is 226 g/mol. The molecule has 0 aliphatic heterocycles. The van der Waals surface area contributed by atoms with E-state index >= 15 is 0 Å². The maximum Gasteiger partial charge on any atom is 0.326 e. The van der Waals surface area contributed by atoms with Gasteiger partial charge in [-0.3, -0.25) is 9.48 Å². The van der Waals surface area contributed by atoms with Gasteiger partial charge in [0.2, 0.25) is 0 Å². The molecule has 1 heterocycles. The third-order valence-corrected chi connectivity index (χ3v) is 2.50. The Kier molecular flexibility index (Phi) is 4.22. The number of nitrogens with zero attached hydrogens (tertiary/aromatic N) is 2. The number of carbonyl (C=O) groups is 2. The maximum atomic E-state index is 11.8. The molecule has 0 fully saturated rings. The molecule has 0 unspecified atom stereocenters. The Labute approximate surface area is 98.1 Å². The summed E-state index contributed by atoms with van der Waals surface area (Å²) in [6.45, 7) is 1.41. The van der Waals surface area contributed by atoms with Crippen LogP contribution in [-0.4, -0.2) is 44.5 Å². The number of aliphatic carboxylic acids is 1. The van der Waals surface area contributed by atoms with E-state index < -0.39 is 17.9 Å². The molecule has 0 radical (unpaired) electrons. The second-order valence-corrected chi connectivity index (χ2v) is 3.64. The molecule has 3 N–H and O–H groups in total. The normalized spacial score (nSPS) is 12.2. The Morgan fingerprint density at radius 1 is 1.59 bits per heavy atom. The molecule has 1 rings (SSSR count). The highest BCUT2D eigenvalue weighted by Gasteiger charge is 2.21. The zero-order valence-electron chi connectivity index (χ0n) is 9.67. The molecule has 0 saturated heterocycles. The number of carboxylic acid groups (broad SMARTS) is 1. The van der Waals surface area contributed by atoms with Gasteiger partial charge in [-0.2, -0.15) is 5.10 Å². The van der Waals surface area contributed by atoms with Crippen molar-refractivity contribution < 1.29 is 19.8 Å². The molecule has 0 aromatic carbocycles. The molecule has 1 aromatic heterocycles. The fourth-order valence-electron chi connectivity index (χ4n) is 1.34. The van der Waals surface area contributed by atoms with Crippen LogP contribution in [0.25, 0.3) is 0 Å². The molecular formula is C10H15N3O4. The molecule has 1 aromatic rings. The van der Waals surface area contributed by atoms with Crippen molar-refractivity contribution in [2.45, 2.75) is 19.4 Å². The van der Waals surface area contributed by atoms with Crippen molar-refractivity contribution in [1.82, 2.24) is 15.1 Å². The fraction of sp³-hybridized carbons (Fsp3) is 0.500. The van der Waals surface area contributed by atoms with Gasteiger partial charge in [0.1, 0.15) is 6.04 Å². The van der Waals surface area contributed by atoms with E-state index in [4.69, 9.17) is 10.2 Å². The predicted octanol–water partition coefficient (Wildman–Crippen LogP) is -0.706. The fourth-order valence-corrected chi connectivity index (χ4v) is 1.34. The van der Waals surface area contributed by atoms with Crippen molar-refractivity contribution in [1.29, 1.82) is 0 Å². The monoisotopic (exact) mass is 241 g/mol. The lowest BCUT2D eigenvalue weighted by molar-refractivity contribution is -0.139. The van der Waals surface area contributed by atoms with Crippen LogP contribution in [-0.2, 0) is 11.8 Å². The smallest absolute Gasteiger partial charge is 0.326 e. The third-order valence-electron chi connectivity index (χ3n) is 2.50. The number of carbonyl (C=O) groups excluding carboxylic acids is 1. The highest BCUT2D eigenvalue weighted by atomic mass is 16.4. The highest BCUT2D eigenvalue weighted by molar-refractivity contribution is 5.97. The van der Waals surface area contributed by atoms with E-state index in [-0.39, 0.29) is 13.0 Å². The van der Waals surface area contributed by atoms with Crippen LogP contribution >= 0.6 is 0 Å². The molecule has 0 saturated carbocycles. The minimum atomic E-state index is -1.17. The number of rotatable bonds is 5. The number of aliphatic hydroxyl groups excluding tert-OH is 1. The minimum Gasteiger partial charge on any atom is -0.480 e. The van der Waals surface area contributed by atoms with Crippen molar-refractivity contribution in [3.05, 3.63) is 17.5 Å². The lowest BCUT2D eigenvalue weighted by Crippen LogP contribution is -2.41. The molecule has 17 heavy (non-hydrogen) atoms. The van der Waals surface area contributed by atoms with Gasteiger partial charge in [0.15, 0.2) is 0 Å². The maximum absolute atomic E-state index is 11.8. The number of hydrogen-bond acceptors (Lipinski definition) is 4. The van der Waals surface area contributed by atoms with Crippen LogP contribution in [0.5, 0.6) is 0 Å². The van der Waals surface area contributed by atoms with E-state index in [1.54, 1.807) is 14.0 Å². The molecule has 0 spiro atoms. The Balaban J connectivity index is 2.77. The first-order chi connectivity index (χ1) is 7.97. The summed E-state index contributed by atoms with van der Waals surface area (Å²) in [5.41, 5.74) is 0.979. The van der Waals surface area contributed by atoms with Gasteiger partial charge < -0.3 is 15.5 Å². The van der Waals surface area contributed by atoms with Crippen molar-refractivity contribution in [2.24, 2.45) is 7.05 Å². The number of aromatic nitrogens is 2. The average molecular weight is 241 g/mol. The van der Waals surface area contributed by atoms with Crippen LogP contribution in [0.15, 0.2) is 6.20 Å². The number of nitrogens with one attached hydrogen (secondary N) is 1. The van der Waals surface area contributed by atoms with Gasteiger partial charge in [-0.15, -0.1) is 0 Å². The quantitative estimate of drug-likeness (QED) is 0.632. The summed E-state index contributed by atoms with van der Waals surface area (Å²) in [6, 6.07) is -1.09. The summed E-state index contributed by atoms with van der Waals surface area (Å²) in [5, 5.41) is 23.8. The first-order valence-corrected chi connectivity index (χ1v) is 5.10. The van der Waals surface area contributed by atoms with E-state index in [1.807, 2.05) is 0 Å². The Bertz CT molecular complexity index is 427. The predicted molar refractivity (Wildman–Crippen MR) is 58.5 cm³/mol. The van der Waals surface area contributed by atoms with Crippen molar-refractivity contribution >= 4 is 11.9 Å². The summed E-state index contributed by atoms with van der Waals surface area (Å²) in [7, 11) is 1.69. The third kappa shape index (κ3) is 3.04. The topological polar surface area (TPSA) is 104 Å². The van der Waals surface area contributed by atoms with Gasteiger partial charge in [-0.25, -0.2) is 4.79 Å². The molecule has 0 aliphatic rings. The molecule has 1 amide bonds. The number of carboxylic acids is 1. The van der Waals surface area contributed by atoms with Crippen LogP contribution in [0.4, 0.5) is 0 Å². The number of aliphatic hydroxyl groups is 1. The summed E-state index contributed by atoms with van der Waals surface area (Å²) in [4.78, 5) is 22.6. The SMILES string of the molecule is Cc1c(C(=O)N[C@H](CCO)C(=O)O)cnn1C. The second kappa shape index (κ2) is 5.44. The molecule has 0 aliphatic carbocycles. The summed E-state index contributed by atoms with van der Waals surface area (Å²) < 4.78 is 1.52. The Hall–Kier alpha value is -1.89. The van der Waals surface area contributed by atoms with E-state index in [1.165, 1.54) is 10.9 Å². The second-order valence-electron chi connectivity index (χ2n) is 3.64. The van der Waals surface area contributed by atoms with Crippen LogP contribution in [0.1, 0.15) is 22.5 Å². The largest absolute Gasteiger partial charge is 0.480 e. The summed E-state index contributed by atoms with van der Waals surface area (Å²) in [6.07, 6.45) is 1.35. The minimum absolute atomic E-state index is 0.0274. The van der Waals surface area contributed by atoms with Gasteiger partial charge in [0.05, 0.1) is 11.8 Å². The average Bonchev–Trinajstić information content (AvgIpc) is 2.59. The molecule has 7 heteroatoms. The van der Waals surface area contributed by atoms with Gasteiger partial charge >= 0.3 is 5.97 Å². The zero-order valence-corrected chi connectivity index (χ0v) is 9.67. The van der Waals surface area contributed by atoms with Crippen molar-refractivity contribution in [3.63, 3.8) is 0 Å².